The Morgan fingerprint density at radius 3 is 2.16 bits per heavy atom. The van der Waals surface area contributed by atoms with Crippen molar-refractivity contribution >= 4 is 16.1 Å². The molecule has 0 aliphatic carbocycles. The summed E-state index contributed by atoms with van der Waals surface area (Å²) in [5.41, 5.74) is 0.994. The first-order chi connectivity index (χ1) is 12.0. The van der Waals surface area contributed by atoms with Crippen LogP contribution in [-0.2, 0) is 10.0 Å². The van der Waals surface area contributed by atoms with Gasteiger partial charge in [-0.3, -0.25) is 0 Å². The molecule has 1 aromatic rings. The molecular weight excluding hydrogens is 338 g/mol. The van der Waals surface area contributed by atoms with E-state index in [1.807, 2.05) is 6.92 Å². The Bertz CT molecular complexity index is 691. The average molecular weight is 365 g/mol. The molecule has 2 aliphatic heterocycles. The fourth-order valence-electron chi connectivity index (χ4n) is 3.46. The van der Waals surface area contributed by atoms with Crippen molar-refractivity contribution in [1.82, 2.24) is 14.1 Å². The molecule has 25 heavy (non-hydrogen) atoms. The molecule has 0 spiro atoms. The quantitative estimate of drug-likeness (QED) is 0.803. The molecule has 0 N–H and O–H groups in total. The number of carbonyl (C=O) groups is 1. The third-order valence-corrected chi connectivity index (χ3v) is 6.80. The van der Waals surface area contributed by atoms with Crippen LogP contribution in [-0.4, -0.2) is 67.8 Å². The van der Waals surface area contributed by atoms with E-state index in [-0.39, 0.29) is 17.5 Å². The van der Waals surface area contributed by atoms with E-state index in [0.717, 1.165) is 48.6 Å². The van der Waals surface area contributed by atoms with Gasteiger partial charge in [0, 0.05) is 19.6 Å². The molecule has 0 radical (unpaired) electrons. The van der Waals surface area contributed by atoms with Crippen LogP contribution in [0.3, 0.4) is 0 Å². The maximum absolute atomic E-state index is 13.1. The van der Waals surface area contributed by atoms with Crippen LogP contribution in [0.15, 0.2) is 29.2 Å². The van der Waals surface area contributed by atoms with Gasteiger partial charge in [0.15, 0.2) is 0 Å². The summed E-state index contributed by atoms with van der Waals surface area (Å²) in [6.45, 7) is 5.98. The van der Waals surface area contributed by atoms with Gasteiger partial charge in [-0.25, -0.2) is 17.5 Å². The number of urea groups is 1. The fourth-order valence-corrected chi connectivity index (χ4v) is 4.84. The van der Waals surface area contributed by atoms with Crippen LogP contribution in [0.2, 0.25) is 0 Å². The smallest absolute Gasteiger partial charge is 0.324 e. The van der Waals surface area contributed by atoms with Crippen LogP contribution >= 0.6 is 0 Å². The topological polar surface area (TPSA) is 60.9 Å². The number of carbonyl (C=O) groups excluding carboxylic acids is 1. The highest BCUT2D eigenvalue weighted by Gasteiger charge is 2.34. The van der Waals surface area contributed by atoms with Crippen LogP contribution < -0.4 is 0 Å². The zero-order valence-electron chi connectivity index (χ0n) is 14.9. The third kappa shape index (κ3) is 4.15. The highest BCUT2D eigenvalue weighted by atomic mass is 32.2. The molecule has 0 saturated carbocycles. The second-order valence-corrected chi connectivity index (χ2v) is 8.78. The van der Waals surface area contributed by atoms with Crippen molar-refractivity contribution < 1.29 is 13.2 Å². The van der Waals surface area contributed by atoms with E-state index in [2.05, 4.69) is 4.90 Å². The Kier molecular flexibility index (Phi) is 5.64. The van der Waals surface area contributed by atoms with Gasteiger partial charge in [0.25, 0.3) is 10.0 Å². The van der Waals surface area contributed by atoms with E-state index in [9.17, 15) is 13.2 Å². The summed E-state index contributed by atoms with van der Waals surface area (Å²) in [6, 6.07) is 6.34. The molecular formula is C18H27N3O3S. The number of aryl methyl sites for hydroxylation is 1. The highest BCUT2D eigenvalue weighted by molar-refractivity contribution is 7.89. The summed E-state index contributed by atoms with van der Waals surface area (Å²) in [5.74, 6) is 0. The van der Waals surface area contributed by atoms with E-state index in [1.165, 1.54) is 0 Å². The first-order valence-electron chi connectivity index (χ1n) is 9.09. The summed E-state index contributed by atoms with van der Waals surface area (Å²) in [5, 5.41) is 0. The van der Waals surface area contributed by atoms with Crippen molar-refractivity contribution in [2.45, 2.75) is 37.5 Å². The fraction of sp³-hybridized carbons (Fsp3) is 0.611. The lowest BCUT2D eigenvalue weighted by Gasteiger charge is -2.29. The summed E-state index contributed by atoms with van der Waals surface area (Å²) in [6.07, 6.45) is 4.17. The molecule has 1 aromatic carbocycles. The first-order valence-corrected chi connectivity index (χ1v) is 10.5. The van der Waals surface area contributed by atoms with Gasteiger partial charge in [-0.1, -0.05) is 17.7 Å². The van der Waals surface area contributed by atoms with Crippen molar-refractivity contribution in [2.24, 2.45) is 0 Å². The Hall–Kier alpha value is -1.60. The van der Waals surface area contributed by atoms with E-state index in [0.29, 0.717) is 19.6 Å². The van der Waals surface area contributed by atoms with Gasteiger partial charge < -0.3 is 9.80 Å². The molecule has 2 saturated heterocycles. The second kappa shape index (κ2) is 7.74. The molecule has 3 rings (SSSR count). The number of amides is 2. The molecule has 0 bridgehead atoms. The zero-order valence-corrected chi connectivity index (χ0v) is 15.7. The normalized spacial score (nSPS) is 18.7. The molecule has 0 unspecified atom stereocenters. The van der Waals surface area contributed by atoms with Crippen LogP contribution in [0.5, 0.6) is 0 Å². The number of nitrogens with zero attached hydrogens (tertiary/aromatic N) is 3. The minimum Gasteiger partial charge on any atom is -0.324 e. The molecule has 0 aromatic heterocycles. The van der Waals surface area contributed by atoms with Crippen LogP contribution in [0, 0.1) is 6.92 Å². The predicted molar refractivity (Wildman–Crippen MR) is 96.9 cm³/mol. The standard InChI is InChI=1S/C18H27N3O3S/c1-16-6-8-17(9-7-16)25(23,24)21(15-14-19-10-2-3-11-19)18(22)20-12-4-5-13-20/h6-9H,2-5,10-15H2,1H3. The highest BCUT2D eigenvalue weighted by Crippen LogP contribution is 2.20. The summed E-state index contributed by atoms with van der Waals surface area (Å²) in [7, 11) is -3.83. The zero-order chi connectivity index (χ0) is 17.9. The summed E-state index contributed by atoms with van der Waals surface area (Å²) >= 11 is 0. The first kappa shape index (κ1) is 18.2. The van der Waals surface area contributed by atoms with Crippen LogP contribution in [0.25, 0.3) is 0 Å². The van der Waals surface area contributed by atoms with Crippen LogP contribution in [0.4, 0.5) is 4.79 Å². The Morgan fingerprint density at radius 1 is 1.00 bits per heavy atom. The summed E-state index contributed by atoms with van der Waals surface area (Å²) in [4.78, 5) is 17.0. The van der Waals surface area contributed by atoms with Gasteiger partial charge in [0.1, 0.15) is 0 Å². The maximum atomic E-state index is 13.1. The number of hydrogen-bond acceptors (Lipinski definition) is 4. The molecule has 2 amide bonds. The van der Waals surface area contributed by atoms with Gasteiger partial charge in [0.05, 0.1) is 11.4 Å². The Morgan fingerprint density at radius 2 is 1.56 bits per heavy atom. The second-order valence-electron chi connectivity index (χ2n) is 6.92. The van der Waals surface area contributed by atoms with Crippen LogP contribution in [0.1, 0.15) is 31.2 Å². The Labute approximate surface area is 150 Å². The minimum absolute atomic E-state index is 0.187. The number of rotatable bonds is 5. The van der Waals surface area contributed by atoms with Crippen molar-refractivity contribution in [3.63, 3.8) is 0 Å². The van der Waals surface area contributed by atoms with Gasteiger partial charge in [-0.15, -0.1) is 0 Å². The van der Waals surface area contributed by atoms with Gasteiger partial charge in [-0.05, 0) is 57.8 Å². The number of sulfonamides is 1. The monoisotopic (exact) mass is 365 g/mol. The Balaban J connectivity index is 1.82. The van der Waals surface area contributed by atoms with Crippen molar-refractivity contribution in [3.8, 4) is 0 Å². The molecule has 7 heteroatoms. The van der Waals surface area contributed by atoms with Crippen molar-refractivity contribution in [3.05, 3.63) is 29.8 Å². The SMILES string of the molecule is Cc1ccc(S(=O)(=O)N(CCN2CCCC2)C(=O)N2CCCC2)cc1. The minimum atomic E-state index is -3.83. The van der Waals surface area contributed by atoms with Gasteiger partial charge >= 0.3 is 6.03 Å². The summed E-state index contributed by atoms with van der Waals surface area (Å²) < 4.78 is 27.3. The molecule has 2 aliphatic rings. The third-order valence-electron chi connectivity index (χ3n) is 5.02. The number of likely N-dealkylation sites (tertiary alicyclic amines) is 2. The number of benzene rings is 1. The van der Waals surface area contributed by atoms with E-state index >= 15 is 0 Å². The average Bonchev–Trinajstić information content (AvgIpc) is 3.29. The van der Waals surface area contributed by atoms with E-state index in [4.69, 9.17) is 0 Å². The van der Waals surface area contributed by atoms with Crippen molar-refractivity contribution in [2.75, 3.05) is 39.3 Å². The molecule has 2 fully saturated rings. The van der Waals surface area contributed by atoms with Gasteiger partial charge in [-0.2, -0.15) is 0 Å². The van der Waals surface area contributed by atoms with E-state index in [1.54, 1.807) is 29.2 Å². The lowest BCUT2D eigenvalue weighted by atomic mass is 10.2. The van der Waals surface area contributed by atoms with E-state index < -0.39 is 10.0 Å². The maximum Gasteiger partial charge on any atom is 0.333 e. The molecule has 138 valence electrons. The predicted octanol–water partition coefficient (Wildman–Crippen LogP) is 2.30. The van der Waals surface area contributed by atoms with Crippen molar-refractivity contribution in [1.29, 1.82) is 0 Å². The largest absolute Gasteiger partial charge is 0.333 e. The van der Waals surface area contributed by atoms with Gasteiger partial charge in [0.2, 0.25) is 0 Å². The number of hydrogen-bond donors (Lipinski definition) is 0. The lowest BCUT2D eigenvalue weighted by Crippen LogP contribution is -2.47. The molecule has 0 atom stereocenters. The lowest BCUT2D eigenvalue weighted by molar-refractivity contribution is 0.183. The molecule has 2 heterocycles. The molecule has 6 nitrogen and oxygen atoms in total.